The van der Waals surface area contributed by atoms with E-state index in [4.69, 9.17) is 39.5 Å². The number of aromatic nitrogens is 2. The number of para-hydroxylation sites is 1. The number of carbonyl (C=O) groups is 1. The molecule has 0 spiro atoms. The molecule has 0 saturated heterocycles. The first kappa shape index (κ1) is 23.6. The van der Waals surface area contributed by atoms with Crippen molar-refractivity contribution < 1.29 is 9.53 Å². The summed E-state index contributed by atoms with van der Waals surface area (Å²) in [6.07, 6.45) is 1.63. The van der Waals surface area contributed by atoms with Crippen LogP contribution in [0.15, 0.2) is 77.4 Å². The lowest BCUT2D eigenvalue weighted by Gasteiger charge is -2.09. The summed E-state index contributed by atoms with van der Waals surface area (Å²) in [5.41, 5.74) is 2.15. The van der Waals surface area contributed by atoms with Gasteiger partial charge in [-0.05, 0) is 63.5 Å². The van der Waals surface area contributed by atoms with Crippen LogP contribution in [0.5, 0.6) is 5.75 Å². The molecule has 0 saturated carbocycles. The molecule has 0 fully saturated rings. The zero-order valence-electron chi connectivity index (χ0n) is 17.1. The van der Waals surface area contributed by atoms with Crippen molar-refractivity contribution in [2.45, 2.75) is 13.2 Å². The van der Waals surface area contributed by atoms with Gasteiger partial charge in [0.2, 0.25) is 0 Å². The van der Waals surface area contributed by atoms with Gasteiger partial charge in [0.15, 0.2) is 5.82 Å². The van der Waals surface area contributed by atoms with E-state index in [9.17, 15) is 4.79 Å². The van der Waals surface area contributed by atoms with E-state index in [0.717, 1.165) is 21.3 Å². The van der Waals surface area contributed by atoms with Crippen LogP contribution in [0.3, 0.4) is 0 Å². The predicted molar refractivity (Wildman–Crippen MR) is 136 cm³/mol. The first-order valence-electron chi connectivity index (χ1n) is 9.83. The van der Waals surface area contributed by atoms with Crippen LogP contribution in [0, 0.1) is 0 Å². The first-order chi connectivity index (χ1) is 15.9. The standard InChI is InChI=1S/C24H17BrCl3N3O2/c25-19-6-1-2-7-22(19)33-14-15-4-3-5-16(10-15)24(32)29-23-21(28)13-31(30-23)12-17-8-9-18(26)11-20(17)27/h1-11,13H,12,14H2,(H,29,30,32). The van der Waals surface area contributed by atoms with Crippen molar-refractivity contribution in [2.24, 2.45) is 0 Å². The smallest absolute Gasteiger partial charge is 0.256 e. The minimum absolute atomic E-state index is 0.265. The third-order valence-electron chi connectivity index (χ3n) is 4.72. The molecule has 0 aliphatic heterocycles. The molecular weight excluding hydrogens is 549 g/mol. The molecule has 3 aromatic carbocycles. The Labute approximate surface area is 214 Å². The summed E-state index contributed by atoms with van der Waals surface area (Å²) in [4.78, 5) is 12.8. The Bertz CT molecular complexity index is 1310. The molecule has 33 heavy (non-hydrogen) atoms. The Hall–Kier alpha value is -2.51. The fraction of sp³-hybridized carbons (Fsp3) is 0.0833. The lowest BCUT2D eigenvalue weighted by atomic mass is 10.1. The number of carbonyl (C=O) groups excluding carboxylic acids is 1. The lowest BCUT2D eigenvalue weighted by molar-refractivity contribution is 0.102. The van der Waals surface area contributed by atoms with Crippen molar-refractivity contribution in [3.05, 3.63) is 109 Å². The van der Waals surface area contributed by atoms with Crippen LogP contribution in [-0.4, -0.2) is 15.7 Å². The van der Waals surface area contributed by atoms with E-state index in [1.807, 2.05) is 36.4 Å². The Morgan fingerprint density at radius 1 is 1.00 bits per heavy atom. The summed E-state index contributed by atoms with van der Waals surface area (Å²) in [6.45, 7) is 0.703. The van der Waals surface area contributed by atoms with E-state index in [-0.39, 0.29) is 11.7 Å². The number of benzene rings is 3. The molecule has 0 bridgehead atoms. The third-order valence-corrected chi connectivity index (χ3v) is 6.24. The minimum atomic E-state index is -0.325. The van der Waals surface area contributed by atoms with E-state index in [1.165, 1.54) is 0 Å². The molecule has 1 amide bonds. The maximum absolute atomic E-state index is 12.8. The summed E-state index contributed by atoms with van der Waals surface area (Å²) < 4.78 is 8.31. The van der Waals surface area contributed by atoms with Crippen molar-refractivity contribution in [1.82, 2.24) is 9.78 Å². The maximum atomic E-state index is 12.8. The number of rotatable bonds is 7. The monoisotopic (exact) mass is 563 g/mol. The van der Waals surface area contributed by atoms with Gasteiger partial charge in [-0.25, -0.2) is 0 Å². The van der Waals surface area contributed by atoms with Crippen LogP contribution in [0.4, 0.5) is 5.82 Å². The van der Waals surface area contributed by atoms with Crippen molar-refractivity contribution in [3.63, 3.8) is 0 Å². The molecule has 4 aromatic rings. The molecule has 1 heterocycles. The fourth-order valence-electron chi connectivity index (χ4n) is 3.09. The first-order valence-corrected chi connectivity index (χ1v) is 11.8. The van der Waals surface area contributed by atoms with Gasteiger partial charge in [-0.1, -0.05) is 65.1 Å². The van der Waals surface area contributed by atoms with Crippen molar-refractivity contribution in [1.29, 1.82) is 0 Å². The van der Waals surface area contributed by atoms with E-state index < -0.39 is 0 Å². The zero-order chi connectivity index (χ0) is 23.4. The van der Waals surface area contributed by atoms with Crippen molar-refractivity contribution in [3.8, 4) is 5.75 Å². The number of nitrogens with one attached hydrogen (secondary N) is 1. The van der Waals surface area contributed by atoms with Crippen LogP contribution in [0.2, 0.25) is 15.1 Å². The second-order valence-corrected chi connectivity index (χ2v) is 9.24. The quantitative estimate of drug-likeness (QED) is 0.253. The molecule has 1 aromatic heterocycles. The molecule has 0 atom stereocenters. The Morgan fingerprint density at radius 3 is 2.61 bits per heavy atom. The van der Waals surface area contributed by atoms with Crippen LogP contribution >= 0.6 is 50.7 Å². The van der Waals surface area contributed by atoms with Crippen LogP contribution in [0.25, 0.3) is 0 Å². The summed E-state index contributed by atoms with van der Waals surface area (Å²) >= 11 is 21.9. The number of nitrogens with zero attached hydrogens (tertiary/aromatic N) is 2. The summed E-state index contributed by atoms with van der Waals surface area (Å²) in [6, 6.07) is 20.0. The molecule has 0 unspecified atom stereocenters. The van der Waals surface area contributed by atoms with E-state index in [2.05, 4.69) is 26.3 Å². The fourth-order valence-corrected chi connectivity index (χ4v) is 4.16. The van der Waals surface area contributed by atoms with Crippen LogP contribution < -0.4 is 10.1 Å². The highest BCUT2D eigenvalue weighted by atomic mass is 79.9. The number of amides is 1. The highest BCUT2D eigenvalue weighted by Crippen LogP contribution is 2.26. The minimum Gasteiger partial charge on any atom is -0.488 e. The van der Waals surface area contributed by atoms with Crippen molar-refractivity contribution >= 4 is 62.5 Å². The summed E-state index contributed by atoms with van der Waals surface area (Å²) in [5.74, 6) is 0.668. The van der Waals surface area contributed by atoms with Gasteiger partial charge in [-0.15, -0.1) is 0 Å². The van der Waals surface area contributed by atoms with Gasteiger partial charge in [0.25, 0.3) is 5.91 Å². The number of hydrogen-bond donors (Lipinski definition) is 1. The number of halogens is 4. The largest absolute Gasteiger partial charge is 0.488 e. The van der Waals surface area contributed by atoms with Gasteiger partial charge in [0, 0.05) is 21.8 Å². The molecular formula is C24H17BrCl3N3O2. The second-order valence-electron chi connectivity index (χ2n) is 7.13. The molecule has 168 valence electrons. The molecule has 1 N–H and O–H groups in total. The molecule has 0 aliphatic rings. The Kier molecular flexibility index (Phi) is 7.60. The molecule has 5 nitrogen and oxygen atoms in total. The van der Waals surface area contributed by atoms with Gasteiger partial charge in [0.1, 0.15) is 17.4 Å². The highest BCUT2D eigenvalue weighted by Gasteiger charge is 2.14. The summed E-state index contributed by atoms with van der Waals surface area (Å²) in [5, 5.41) is 8.54. The van der Waals surface area contributed by atoms with E-state index >= 15 is 0 Å². The third kappa shape index (κ3) is 6.09. The van der Waals surface area contributed by atoms with E-state index in [0.29, 0.717) is 33.8 Å². The predicted octanol–water partition coefficient (Wildman–Crippen LogP) is 7.49. The lowest BCUT2D eigenvalue weighted by Crippen LogP contribution is -2.13. The molecule has 4 rings (SSSR count). The van der Waals surface area contributed by atoms with Gasteiger partial charge in [0.05, 0.1) is 11.0 Å². The Morgan fingerprint density at radius 2 is 1.82 bits per heavy atom. The second kappa shape index (κ2) is 10.6. The number of hydrogen-bond acceptors (Lipinski definition) is 3. The summed E-state index contributed by atoms with van der Waals surface area (Å²) in [7, 11) is 0. The zero-order valence-corrected chi connectivity index (χ0v) is 20.9. The molecule has 0 aliphatic carbocycles. The molecule has 0 radical (unpaired) electrons. The van der Waals surface area contributed by atoms with Crippen LogP contribution in [0.1, 0.15) is 21.5 Å². The topological polar surface area (TPSA) is 56.2 Å². The Balaban J connectivity index is 1.43. The van der Waals surface area contributed by atoms with Gasteiger partial charge >= 0.3 is 0 Å². The number of anilines is 1. The van der Waals surface area contributed by atoms with Gasteiger partial charge in [-0.2, -0.15) is 5.10 Å². The van der Waals surface area contributed by atoms with Crippen molar-refractivity contribution in [2.75, 3.05) is 5.32 Å². The van der Waals surface area contributed by atoms with E-state index in [1.54, 1.807) is 41.2 Å². The maximum Gasteiger partial charge on any atom is 0.256 e. The normalized spacial score (nSPS) is 10.8. The van der Waals surface area contributed by atoms with Gasteiger partial charge in [-0.3, -0.25) is 9.48 Å². The average Bonchev–Trinajstić information content (AvgIpc) is 3.14. The number of ether oxygens (including phenoxy) is 1. The van der Waals surface area contributed by atoms with Gasteiger partial charge < -0.3 is 10.1 Å². The van der Waals surface area contributed by atoms with Crippen LogP contribution in [-0.2, 0) is 13.2 Å². The highest BCUT2D eigenvalue weighted by molar-refractivity contribution is 9.10. The molecule has 9 heteroatoms. The SMILES string of the molecule is O=C(Nc1nn(Cc2ccc(Cl)cc2Cl)cc1Cl)c1cccc(COc2ccccc2Br)c1. The average molecular weight is 566 g/mol.